The van der Waals surface area contributed by atoms with Gasteiger partial charge < -0.3 is 13.3 Å². The highest BCUT2D eigenvalue weighted by atomic mass is 16.3. The summed E-state index contributed by atoms with van der Waals surface area (Å²) in [5, 5.41) is 22.4. The molecule has 0 spiro atoms. The fourth-order valence-corrected chi connectivity index (χ4v) is 22.3. The first-order valence-electron chi connectivity index (χ1n) is 59.3. The topological polar surface area (TPSA) is 39.4 Å². The molecule has 0 aliphatic carbocycles. The number of fused-ring (bicyclic) bond motifs is 25. The molecular formula is C140H84O3. The van der Waals surface area contributed by atoms with Crippen molar-refractivity contribution in [1.82, 2.24) is 0 Å². The van der Waals surface area contributed by atoms with Crippen LogP contribution in [0.25, 0.3) is 306 Å². The minimum atomic E-state index is -0.443. The summed E-state index contributed by atoms with van der Waals surface area (Å²) in [6.45, 7) is 0. The minimum Gasteiger partial charge on any atom is -0.456 e. The highest BCUT2D eigenvalue weighted by molar-refractivity contribution is 6.32. The molecule has 0 amide bonds. The lowest BCUT2D eigenvalue weighted by atomic mass is 9.83. The Labute approximate surface area is 856 Å². The van der Waals surface area contributed by atoms with Gasteiger partial charge in [0.2, 0.25) is 0 Å². The third-order valence-corrected chi connectivity index (χ3v) is 28.5. The van der Waals surface area contributed by atoms with Gasteiger partial charge in [0.1, 0.15) is 33.5 Å². The van der Waals surface area contributed by atoms with Crippen molar-refractivity contribution in [2.24, 2.45) is 0 Å². The van der Waals surface area contributed by atoms with Gasteiger partial charge in [-0.3, -0.25) is 0 Å². The molecule has 0 saturated heterocycles. The van der Waals surface area contributed by atoms with Gasteiger partial charge in [-0.05, 0) is 307 Å². The fourth-order valence-electron chi connectivity index (χ4n) is 22.3. The summed E-state index contributed by atoms with van der Waals surface area (Å²) in [5.74, 6) is 0. The summed E-state index contributed by atoms with van der Waals surface area (Å²) in [6, 6.07) is 109. The molecule has 31 aromatic rings. The van der Waals surface area contributed by atoms with Gasteiger partial charge in [-0.15, -0.1) is 0 Å². The largest absolute Gasteiger partial charge is 0.456 e. The molecule has 0 N–H and O–H groups in total. The normalized spacial score (nSPS) is 14.3. The van der Waals surface area contributed by atoms with Crippen LogP contribution in [0.4, 0.5) is 0 Å². The van der Waals surface area contributed by atoms with Crippen molar-refractivity contribution in [2.75, 3.05) is 0 Å². The average molecular weight is 1840 g/mol. The van der Waals surface area contributed by atoms with Crippen molar-refractivity contribution in [2.45, 2.75) is 0 Å². The van der Waals surface area contributed by atoms with Crippen molar-refractivity contribution in [3.63, 3.8) is 0 Å². The maximum atomic E-state index is 9.55. The Morgan fingerprint density at radius 3 is 0.755 bits per heavy atom. The van der Waals surface area contributed by atoms with Crippen LogP contribution in [0, 0.1) is 0 Å². The molecule has 0 unspecified atom stereocenters. The zero-order valence-corrected chi connectivity index (χ0v) is 75.9. The van der Waals surface area contributed by atoms with Crippen molar-refractivity contribution in [3.05, 3.63) is 509 Å². The fraction of sp³-hybridized carbons (Fsp3) is 0. The molecule has 0 bridgehead atoms. The average Bonchev–Trinajstić information content (AvgIpc) is 1.53. The van der Waals surface area contributed by atoms with E-state index in [1.165, 1.54) is 0 Å². The Balaban J connectivity index is 0.000000114. The summed E-state index contributed by atoms with van der Waals surface area (Å²) >= 11 is 0. The van der Waals surface area contributed by atoms with Gasteiger partial charge in [-0.1, -0.05) is 442 Å². The van der Waals surface area contributed by atoms with E-state index < -0.39 is 72.5 Å². The monoisotopic (exact) mass is 1840 g/mol. The summed E-state index contributed by atoms with van der Waals surface area (Å²) in [7, 11) is 0. The lowest BCUT2D eigenvalue weighted by Crippen LogP contribution is -1.92. The lowest BCUT2D eigenvalue weighted by Gasteiger charge is -2.19. The second kappa shape index (κ2) is 33.0. The Morgan fingerprint density at radius 1 is 0.126 bits per heavy atom. The second-order valence-corrected chi connectivity index (χ2v) is 36.3. The van der Waals surface area contributed by atoms with E-state index in [9.17, 15) is 16.4 Å². The van der Waals surface area contributed by atoms with Gasteiger partial charge in [-0.2, -0.15) is 0 Å². The highest BCUT2D eigenvalue weighted by Crippen LogP contribution is 2.54. The van der Waals surface area contributed by atoms with Crippen LogP contribution in [0.15, 0.2) is 522 Å². The molecular weight excluding hydrogens is 1730 g/mol. The molecule has 3 nitrogen and oxygen atoms in total. The Morgan fingerprint density at radius 2 is 0.378 bits per heavy atom. The van der Waals surface area contributed by atoms with E-state index in [-0.39, 0.29) is 143 Å². The predicted octanol–water partition coefficient (Wildman–Crippen LogP) is 40.2. The number of benzene rings is 28. The van der Waals surface area contributed by atoms with Gasteiger partial charge in [-0.25, -0.2) is 0 Å². The van der Waals surface area contributed by atoms with Gasteiger partial charge in [0, 0.05) is 32.3 Å². The summed E-state index contributed by atoms with van der Waals surface area (Å²) in [4.78, 5) is 0. The first-order valence-corrected chi connectivity index (χ1v) is 47.3. The van der Waals surface area contributed by atoms with Crippen LogP contribution >= 0.6 is 0 Å². The molecule has 31 rings (SSSR count). The van der Waals surface area contributed by atoms with Gasteiger partial charge in [0.15, 0.2) is 0 Å². The first kappa shape index (κ1) is 60.7. The zero-order valence-electron chi connectivity index (χ0n) is 99.9. The van der Waals surface area contributed by atoms with Gasteiger partial charge >= 0.3 is 0 Å². The summed E-state index contributed by atoms with van der Waals surface area (Å²) < 4.78 is 240. The lowest BCUT2D eigenvalue weighted by molar-refractivity contribution is 0.669. The van der Waals surface area contributed by atoms with Crippen LogP contribution in [0.2, 0.25) is 0 Å². The SMILES string of the molecule is [2H]c1c([2H])c([2H])c2c(-c3cccc4oc5cc6ccccc6cc5c34)c3c([2H])c([2H])c([2H])c([2H])c3c(-c3ccc(-c4ccc5ccccc5c4)cc3)c2c1[2H].[2H]c1c([2H])c([2H])c2c(-c3cccc4oc5cc6ccccc6cc5c34)c3c([2H])c([2H])c([2H])c([2H])c3c(-c3cccc(-c4cccc5ccc6ccccc6c45)c3)c2c1[2H].[2H]c1c([2H])c([2H])c2c(-c3cccc4oc5cc6ccccc6cc5c34)c3c([2H])c([2H])c([2H])c([2H])c3c(-c3cccc4ccc5ccccc5c34)c2c1[2H]. The minimum absolute atomic E-state index is 0.160. The molecule has 0 fully saturated rings. The molecule has 662 valence electrons. The molecule has 0 saturated carbocycles. The smallest absolute Gasteiger partial charge is 0.136 e. The Kier molecular flexibility index (Phi) is 14.0. The number of hydrogen-bond acceptors (Lipinski definition) is 3. The third kappa shape index (κ3) is 13.2. The Hall–Kier alpha value is -18.8. The van der Waals surface area contributed by atoms with Gasteiger partial charge in [0.25, 0.3) is 0 Å². The van der Waals surface area contributed by atoms with Crippen LogP contribution in [-0.2, 0) is 0 Å². The third-order valence-electron chi connectivity index (χ3n) is 28.5. The molecule has 3 heterocycles. The second-order valence-electron chi connectivity index (χ2n) is 36.3. The molecule has 0 atom stereocenters. The standard InChI is InChI=1S/C50H30O.C46H28O.C44H26O/c1-2-14-34-30-46-44(29-33(34)13-1)50-43(24-11-25-45(50)51-46)49-41-21-7-5-19-39(41)48(40-20-6-8-22-42(40)49)36-17-9-16-35(28-36)38-23-10-15-32-27-26-31-12-3-4-18-37(31)47(32)38;1-2-11-32-26-35(25-22-29(32)10-1)30-20-23-31(24-21-30)44-36-14-5-7-16-38(36)45(39-17-8-6-15-37(39)44)40-18-9-19-42-46(40)41-27-33-12-3-4-13-34(33)28-43(41)47-42;1-2-13-30-26-40-38(25-29(30)12-1)44-37(21-10-22-39(44)45-40)43-34-18-7-5-16-32(34)42(33-17-6-8-19-35(33)43)36-20-9-14-28-24-23-27-11-3-4-15-31(27)41(28)36/h1-30H;1-28H;1-26H/i5D,6D,7D,8D,19D,20D,21D,22D;5D,6D,7D,8D,14D,15D,16D,17D;5D,6D,7D,8D,16D,17D,18D,19D. The molecule has 143 heavy (non-hydrogen) atoms. The van der Waals surface area contributed by atoms with Crippen molar-refractivity contribution >= 4 is 217 Å². The predicted molar refractivity (Wildman–Crippen MR) is 610 cm³/mol. The molecule has 3 heteroatoms. The number of furan rings is 3. The first-order chi connectivity index (χ1) is 80.9. The maximum Gasteiger partial charge on any atom is 0.136 e. The molecule has 3 aromatic heterocycles. The highest BCUT2D eigenvalue weighted by Gasteiger charge is 2.28. The molecule has 0 aliphatic rings. The molecule has 0 aliphatic heterocycles. The number of hydrogen-bond donors (Lipinski definition) is 0. The van der Waals surface area contributed by atoms with E-state index >= 15 is 0 Å². The maximum absolute atomic E-state index is 9.55. The van der Waals surface area contributed by atoms with Crippen molar-refractivity contribution < 1.29 is 46.1 Å². The summed E-state index contributed by atoms with van der Waals surface area (Å²) in [5.41, 5.74) is 12.4. The van der Waals surface area contributed by atoms with E-state index in [0.29, 0.717) is 111 Å². The summed E-state index contributed by atoms with van der Waals surface area (Å²) in [6.07, 6.45) is 0. The van der Waals surface area contributed by atoms with Crippen molar-refractivity contribution in [1.29, 1.82) is 0 Å². The Bertz CT molecular complexity index is 12100. The van der Waals surface area contributed by atoms with E-state index in [2.05, 4.69) is 60.7 Å². The van der Waals surface area contributed by atoms with Crippen LogP contribution in [-0.4, -0.2) is 0 Å². The van der Waals surface area contributed by atoms with Gasteiger partial charge in [0.05, 0.1) is 32.9 Å². The van der Waals surface area contributed by atoms with E-state index in [1.807, 2.05) is 285 Å². The molecule has 0 radical (unpaired) electrons. The van der Waals surface area contributed by atoms with E-state index in [4.69, 9.17) is 29.7 Å². The quantitative estimate of drug-likeness (QED) is 0.112. The van der Waals surface area contributed by atoms with Crippen LogP contribution < -0.4 is 0 Å². The zero-order chi connectivity index (χ0) is 115. The number of rotatable bonds is 8. The van der Waals surface area contributed by atoms with Crippen LogP contribution in [0.5, 0.6) is 0 Å². The van der Waals surface area contributed by atoms with E-state index in [1.54, 1.807) is 18.2 Å². The molecule has 28 aromatic carbocycles. The van der Waals surface area contributed by atoms with E-state index in [0.717, 1.165) is 125 Å². The van der Waals surface area contributed by atoms with Crippen LogP contribution in [0.3, 0.4) is 0 Å². The van der Waals surface area contributed by atoms with Crippen molar-refractivity contribution in [3.8, 4) is 89.0 Å². The van der Waals surface area contributed by atoms with Crippen LogP contribution in [0.1, 0.15) is 32.9 Å².